The van der Waals surface area contributed by atoms with Crippen molar-refractivity contribution in [1.82, 2.24) is 0 Å². The number of hydrogen-bond donors (Lipinski definition) is 0. The van der Waals surface area contributed by atoms with Crippen molar-refractivity contribution in [2.24, 2.45) is 0 Å². The van der Waals surface area contributed by atoms with E-state index in [2.05, 4.69) is 67.7 Å². The molecule has 0 atom stereocenters. The molecule has 0 spiro atoms. The van der Waals surface area contributed by atoms with E-state index >= 15 is 0 Å². The van der Waals surface area contributed by atoms with Crippen molar-refractivity contribution in [2.75, 3.05) is 0 Å². The average molecular weight is 404 g/mol. The Balaban J connectivity index is 0.000000694. The SMILES string of the molecule is C[Si]1(C)c2cc3c([cH-]c4ccccc43)c(C3=CC=CC3)c21.[Cl-].[Cl-].[Ti+3]. The zero-order chi connectivity index (χ0) is 14.2. The van der Waals surface area contributed by atoms with Gasteiger partial charge in [0, 0.05) is 0 Å². The van der Waals surface area contributed by atoms with Gasteiger partial charge >= 0.3 is 21.7 Å². The molecule has 1 heterocycles. The normalized spacial score (nSPS) is 16.0. The van der Waals surface area contributed by atoms with E-state index in [1.54, 1.807) is 15.9 Å². The van der Waals surface area contributed by atoms with Crippen LogP contribution in [-0.2, 0) is 21.7 Å². The van der Waals surface area contributed by atoms with Gasteiger partial charge in [0.2, 0.25) is 0 Å². The van der Waals surface area contributed by atoms with E-state index in [0.717, 1.165) is 6.42 Å². The van der Waals surface area contributed by atoms with E-state index in [1.807, 2.05) is 0 Å². The first-order valence-corrected chi connectivity index (χ1v) is 10.7. The fraction of sp³-hybridized carbons (Fsp3) is 0.150. The van der Waals surface area contributed by atoms with Crippen molar-refractivity contribution in [2.45, 2.75) is 19.5 Å². The predicted molar refractivity (Wildman–Crippen MR) is 95.5 cm³/mol. The van der Waals surface area contributed by atoms with Crippen molar-refractivity contribution in [1.29, 1.82) is 0 Å². The van der Waals surface area contributed by atoms with Gasteiger partial charge in [0.1, 0.15) is 8.07 Å². The summed E-state index contributed by atoms with van der Waals surface area (Å²) in [6.45, 7) is 4.98. The molecule has 3 aromatic carbocycles. The minimum absolute atomic E-state index is 0. The quantitative estimate of drug-likeness (QED) is 0.332. The Kier molecular flexibility index (Phi) is 5.36. The topological polar surface area (TPSA) is 0 Å². The van der Waals surface area contributed by atoms with Gasteiger partial charge in [-0.2, -0.15) is 0 Å². The van der Waals surface area contributed by atoms with Crippen LogP contribution in [0.15, 0.2) is 54.6 Å². The van der Waals surface area contributed by atoms with Gasteiger partial charge in [0.05, 0.1) is 0 Å². The molecule has 24 heavy (non-hydrogen) atoms. The largest absolute Gasteiger partial charge is 3.00 e. The minimum atomic E-state index is -1.26. The summed E-state index contributed by atoms with van der Waals surface area (Å²) in [6.07, 6.45) is 7.90. The number of rotatable bonds is 1. The van der Waals surface area contributed by atoms with E-state index in [1.165, 1.54) is 27.1 Å². The molecular formula is C20H17Cl2SiTi. The van der Waals surface area contributed by atoms with Crippen LogP contribution in [0.3, 0.4) is 0 Å². The molecule has 0 amide bonds. The van der Waals surface area contributed by atoms with Gasteiger partial charge in [0.15, 0.2) is 0 Å². The van der Waals surface area contributed by atoms with E-state index in [9.17, 15) is 0 Å². The van der Waals surface area contributed by atoms with Crippen molar-refractivity contribution in [3.05, 3.63) is 60.2 Å². The van der Waals surface area contributed by atoms with Crippen molar-refractivity contribution in [3.63, 3.8) is 0 Å². The molecule has 0 nitrogen and oxygen atoms in total. The molecule has 3 aromatic rings. The number of benzene rings is 2. The summed E-state index contributed by atoms with van der Waals surface area (Å²) < 4.78 is 0. The van der Waals surface area contributed by atoms with E-state index in [4.69, 9.17) is 0 Å². The Morgan fingerprint density at radius 2 is 1.79 bits per heavy atom. The van der Waals surface area contributed by atoms with Gasteiger partial charge < -0.3 is 24.8 Å². The van der Waals surface area contributed by atoms with Gasteiger partial charge in [0.25, 0.3) is 0 Å². The molecule has 4 heteroatoms. The Morgan fingerprint density at radius 1 is 1.04 bits per heavy atom. The molecule has 1 aliphatic carbocycles. The van der Waals surface area contributed by atoms with Gasteiger partial charge in [-0.25, -0.2) is 0 Å². The molecule has 0 bridgehead atoms. The van der Waals surface area contributed by atoms with Gasteiger partial charge in [-0.1, -0.05) is 77.1 Å². The van der Waals surface area contributed by atoms with Crippen molar-refractivity contribution in [3.8, 4) is 0 Å². The third kappa shape index (κ3) is 2.50. The summed E-state index contributed by atoms with van der Waals surface area (Å²) in [4.78, 5) is 0. The summed E-state index contributed by atoms with van der Waals surface area (Å²) in [5.41, 5.74) is 3.09. The second-order valence-electron chi connectivity index (χ2n) is 6.82. The summed E-state index contributed by atoms with van der Waals surface area (Å²) in [6, 6.07) is 13.7. The van der Waals surface area contributed by atoms with Crippen molar-refractivity contribution < 1.29 is 46.5 Å². The van der Waals surface area contributed by atoms with Crippen LogP contribution in [0, 0.1) is 0 Å². The van der Waals surface area contributed by atoms with Crippen LogP contribution in [0.4, 0.5) is 0 Å². The summed E-state index contributed by atoms with van der Waals surface area (Å²) >= 11 is 0. The molecular weight excluding hydrogens is 387 g/mol. The maximum atomic E-state index is 2.49. The average Bonchev–Trinajstić information content (AvgIpc) is 2.94. The molecule has 119 valence electrons. The molecule has 0 saturated heterocycles. The second-order valence-corrected chi connectivity index (χ2v) is 11.1. The molecule has 5 rings (SSSR count). The second kappa shape index (κ2) is 6.55. The standard InChI is InChI=1S/C20H17Si.2ClH.Ti/c1-21(2)18-12-16-15-10-6-5-9-14(15)11-17(16)19(20(18)21)13-7-3-4-8-13;;;/h3-7,9-12H,8H2,1-2H3;2*1H;/q-1;;;+3/p-2. The van der Waals surface area contributed by atoms with Crippen LogP contribution < -0.4 is 35.2 Å². The summed E-state index contributed by atoms with van der Waals surface area (Å²) in [5.74, 6) is 0. The van der Waals surface area contributed by atoms with Crippen LogP contribution in [0.2, 0.25) is 13.1 Å². The summed E-state index contributed by atoms with van der Waals surface area (Å²) in [7, 11) is -1.26. The minimum Gasteiger partial charge on any atom is -1.00 e. The number of allylic oxidation sites excluding steroid dienone is 4. The summed E-state index contributed by atoms with van der Waals surface area (Å²) in [5, 5.41) is 9.12. The molecule has 0 N–H and O–H groups in total. The van der Waals surface area contributed by atoms with Gasteiger partial charge in [-0.3, -0.25) is 0 Å². The van der Waals surface area contributed by atoms with E-state index in [0.29, 0.717) is 0 Å². The van der Waals surface area contributed by atoms with Crippen LogP contribution in [0.5, 0.6) is 0 Å². The Hall–Kier alpha value is -0.699. The van der Waals surface area contributed by atoms with E-state index < -0.39 is 8.07 Å². The maximum Gasteiger partial charge on any atom is 3.00 e. The maximum absolute atomic E-state index is 2.49. The predicted octanol–water partition coefficient (Wildman–Crippen LogP) is -1.80. The number of hydrogen-bond acceptors (Lipinski definition) is 0. The first kappa shape index (κ1) is 19.6. The van der Waals surface area contributed by atoms with Crippen molar-refractivity contribution >= 4 is 45.6 Å². The molecule has 0 aromatic heterocycles. The van der Waals surface area contributed by atoms with Crippen LogP contribution in [0.1, 0.15) is 12.0 Å². The fourth-order valence-electron chi connectivity index (χ4n) is 4.05. The Labute approximate surface area is 171 Å². The third-order valence-electron chi connectivity index (χ3n) is 5.25. The van der Waals surface area contributed by atoms with Crippen LogP contribution >= 0.6 is 0 Å². The van der Waals surface area contributed by atoms with Gasteiger partial charge in [-0.05, 0) is 6.42 Å². The van der Waals surface area contributed by atoms with Crippen LogP contribution in [-0.4, -0.2) is 8.07 Å². The van der Waals surface area contributed by atoms with E-state index in [-0.39, 0.29) is 46.5 Å². The molecule has 0 saturated carbocycles. The smallest absolute Gasteiger partial charge is 1.00 e. The fourth-order valence-corrected chi connectivity index (χ4v) is 7.42. The Morgan fingerprint density at radius 3 is 2.50 bits per heavy atom. The number of halogens is 2. The first-order valence-electron chi connectivity index (χ1n) is 7.70. The monoisotopic (exact) mass is 403 g/mol. The Bertz CT molecular complexity index is 996. The van der Waals surface area contributed by atoms with Gasteiger partial charge in [-0.15, -0.1) is 33.7 Å². The molecule has 1 aliphatic heterocycles. The first-order chi connectivity index (χ1) is 10.2. The molecule has 2 aliphatic rings. The number of fused-ring (bicyclic) bond motifs is 4. The zero-order valence-electron chi connectivity index (χ0n) is 13.7. The van der Waals surface area contributed by atoms with Crippen LogP contribution in [0.25, 0.3) is 27.1 Å². The zero-order valence-corrected chi connectivity index (χ0v) is 17.7. The molecule has 0 unspecified atom stereocenters. The molecule has 1 radical (unpaired) electrons. The molecule has 0 fully saturated rings. The third-order valence-corrected chi connectivity index (χ3v) is 8.51.